The summed E-state index contributed by atoms with van der Waals surface area (Å²) in [7, 11) is 0. The van der Waals surface area contributed by atoms with Gasteiger partial charge in [0.05, 0.1) is 11.1 Å². The van der Waals surface area contributed by atoms with Gasteiger partial charge in [0.1, 0.15) is 5.69 Å². The van der Waals surface area contributed by atoms with Crippen molar-refractivity contribution in [1.82, 2.24) is 10.3 Å². The van der Waals surface area contributed by atoms with Crippen molar-refractivity contribution in [3.05, 3.63) is 28.1 Å². The maximum atomic E-state index is 11.6. The van der Waals surface area contributed by atoms with Gasteiger partial charge in [-0.3, -0.25) is 14.9 Å². The van der Waals surface area contributed by atoms with Gasteiger partial charge in [-0.15, -0.1) is 0 Å². The van der Waals surface area contributed by atoms with Gasteiger partial charge in [0.2, 0.25) is 0 Å². The fourth-order valence-electron chi connectivity index (χ4n) is 1.33. The van der Waals surface area contributed by atoms with E-state index in [1.165, 1.54) is 12.3 Å². The van der Waals surface area contributed by atoms with Crippen molar-refractivity contribution in [1.29, 1.82) is 0 Å². The topological polar surface area (TPSA) is 88.0 Å². The Morgan fingerprint density at radius 1 is 1.71 bits per heavy atom. The van der Waals surface area contributed by atoms with Gasteiger partial charge >= 0.3 is 0 Å². The van der Waals surface area contributed by atoms with Crippen LogP contribution in [0.15, 0.2) is 12.3 Å². The average Bonchev–Trinajstić information content (AvgIpc) is 2.75. The minimum atomic E-state index is -0.544. The van der Waals surface area contributed by atoms with E-state index >= 15 is 0 Å². The van der Waals surface area contributed by atoms with Crippen molar-refractivity contribution in [2.75, 3.05) is 6.54 Å². The second kappa shape index (κ2) is 6.39. The Balaban J connectivity index is 2.49. The average molecular weight is 304 g/mol. The second-order valence-corrected chi connectivity index (χ2v) is 4.92. The zero-order valence-electron chi connectivity index (χ0n) is 9.40. The normalized spacial score (nSPS) is 12.1. The minimum Gasteiger partial charge on any atom is -0.351 e. The number of H-pyrrole nitrogens is 1. The molecule has 0 aromatic carbocycles. The van der Waals surface area contributed by atoms with Gasteiger partial charge in [-0.05, 0) is 6.42 Å². The number of nitrogens with one attached hydrogen (secondary N) is 2. The van der Waals surface area contributed by atoms with Crippen LogP contribution in [0.2, 0.25) is 0 Å². The summed E-state index contributed by atoms with van der Waals surface area (Å²) < 4.78 is 0. The summed E-state index contributed by atoms with van der Waals surface area (Å²) in [6.45, 7) is 2.56. The lowest BCUT2D eigenvalue weighted by molar-refractivity contribution is -0.384. The Morgan fingerprint density at radius 2 is 2.41 bits per heavy atom. The van der Waals surface area contributed by atoms with Crippen molar-refractivity contribution in [3.63, 3.8) is 0 Å². The lowest BCUT2D eigenvalue weighted by Crippen LogP contribution is -2.29. The number of hydrogen-bond donors (Lipinski definition) is 2. The van der Waals surface area contributed by atoms with E-state index in [2.05, 4.69) is 33.2 Å². The number of alkyl halides is 1. The molecule has 0 aliphatic heterocycles. The lowest BCUT2D eigenvalue weighted by atomic mass is 10.2. The molecule has 0 spiro atoms. The molecule has 0 bridgehead atoms. The molecule has 1 heterocycles. The summed E-state index contributed by atoms with van der Waals surface area (Å²) in [6, 6.07) is 1.22. The van der Waals surface area contributed by atoms with Crippen LogP contribution in [-0.2, 0) is 0 Å². The molecule has 1 atom stereocenters. The smallest absolute Gasteiger partial charge is 0.287 e. The molecular formula is C10H14BrN3O3. The predicted molar refractivity (Wildman–Crippen MR) is 67.4 cm³/mol. The highest BCUT2D eigenvalue weighted by atomic mass is 79.9. The summed E-state index contributed by atoms with van der Waals surface area (Å²) in [5.41, 5.74) is 0.0898. The van der Waals surface area contributed by atoms with Crippen LogP contribution in [-0.4, -0.2) is 27.2 Å². The van der Waals surface area contributed by atoms with Gasteiger partial charge in [-0.25, -0.2) is 0 Å². The number of aromatic amines is 1. The lowest BCUT2D eigenvalue weighted by Gasteiger charge is -2.08. The minimum absolute atomic E-state index is 0.112. The first kappa shape index (κ1) is 13.7. The molecule has 0 saturated heterocycles. The molecule has 7 heteroatoms. The third-order valence-corrected chi connectivity index (χ3v) is 2.99. The van der Waals surface area contributed by atoms with Crippen LogP contribution in [0.1, 0.15) is 30.3 Å². The molecular weight excluding hydrogens is 290 g/mol. The molecule has 1 rings (SSSR count). The third kappa shape index (κ3) is 4.18. The summed E-state index contributed by atoms with van der Waals surface area (Å²) in [5.74, 6) is -0.335. The Bertz CT molecular complexity index is 405. The Hall–Kier alpha value is -1.37. The zero-order valence-corrected chi connectivity index (χ0v) is 11.0. The fourth-order valence-corrected chi connectivity index (χ4v) is 1.95. The molecule has 17 heavy (non-hydrogen) atoms. The SMILES string of the molecule is CCCC(Br)CNC(=O)c1cc([N+](=O)[O-])c[nH]1. The summed E-state index contributed by atoms with van der Waals surface area (Å²) >= 11 is 3.43. The van der Waals surface area contributed by atoms with E-state index in [1.807, 2.05) is 0 Å². The van der Waals surface area contributed by atoms with E-state index in [4.69, 9.17) is 0 Å². The number of carbonyl (C=O) groups excluding carboxylic acids is 1. The van der Waals surface area contributed by atoms with E-state index < -0.39 is 4.92 Å². The second-order valence-electron chi connectivity index (χ2n) is 3.62. The van der Waals surface area contributed by atoms with Crippen molar-refractivity contribution in [2.24, 2.45) is 0 Å². The highest BCUT2D eigenvalue weighted by Crippen LogP contribution is 2.12. The van der Waals surface area contributed by atoms with Crippen LogP contribution in [0.5, 0.6) is 0 Å². The molecule has 94 valence electrons. The molecule has 1 amide bonds. The monoisotopic (exact) mass is 303 g/mol. The highest BCUT2D eigenvalue weighted by Gasteiger charge is 2.14. The molecule has 1 unspecified atom stereocenters. The molecule has 1 aromatic heterocycles. The van der Waals surface area contributed by atoms with Crippen molar-refractivity contribution in [3.8, 4) is 0 Å². The molecule has 1 aromatic rings. The van der Waals surface area contributed by atoms with Gasteiger partial charge in [0.15, 0.2) is 0 Å². The first-order valence-electron chi connectivity index (χ1n) is 5.29. The van der Waals surface area contributed by atoms with E-state index in [1.54, 1.807) is 0 Å². The van der Waals surface area contributed by atoms with Crippen molar-refractivity contribution >= 4 is 27.5 Å². The van der Waals surface area contributed by atoms with Crippen LogP contribution in [0.25, 0.3) is 0 Å². The fraction of sp³-hybridized carbons (Fsp3) is 0.500. The largest absolute Gasteiger partial charge is 0.351 e. The van der Waals surface area contributed by atoms with Crippen LogP contribution >= 0.6 is 15.9 Å². The molecule has 0 aliphatic carbocycles. The van der Waals surface area contributed by atoms with Crippen molar-refractivity contribution in [2.45, 2.75) is 24.6 Å². The van der Waals surface area contributed by atoms with Crippen LogP contribution in [0.3, 0.4) is 0 Å². The number of halogens is 1. The molecule has 6 nitrogen and oxygen atoms in total. The standard InChI is InChI=1S/C10H14BrN3O3/c1-2-3-7(11)5-13-10(15)9-4-8(6-12-9)14(16)17/h4,6-7,12H,2-3,5H2,1H3,(H,13,15). The Labute approximate surface area is 107 Å². The van der Waals surface area contributed by atoms with Crippen LogP contribution < -0.4 is 5.32 Å². The molecule has 2 N–H and O–H groups in total. The number of carbonyl (C=O) groups is 1. The maximum absolute atomic E-state index is 11.6. The van der Waals surface area contributed by atoms with Gasteiger partial charge in [-0.2, -0.15) is 0 Å². The van der Waals surface area contributed by atoms with Gasteiger partial charge < -0.3 is 10.3 Å². The van der Waals surface area contributed by atoms with Crippen LogP contribution in [0.4, 0.5) is 5.69 Å². The summed E-state index contributed by atoms with van der Waals surface area (Å²) in [5, 5.41) is 13.1. The maximum Gasteiger partial charge on any atom is 0.287 e. The third-order valence-electron chi connectivity index (χ3n) is 2.21. The Kier molecular flexibility index (Phi) is 5.14. The van der Waals surface area contributed by atoms with E-state index in [0.717, 1.165) is 12.8 Å². The first-order valence-corrected chi connectivity index (χ1v) is 6.21. The molecule has 0 saturated carbocycles. The predicted octanol–water partition coefficient (Wildman–Crippen LogP) is 2.22. The Morgan fingerprint density at radius 3 is 2.94 bits per heavy atom. The van der Waals surface area contributed by atoms with E-state index in [0.29, 0.717) is 6.54 Å². The summed E-state index contributed by atoms with van der Waals surface area (Å²) in [6.07, 6.45) is 3.19. The first-order chi connectivity index (χ1) is 8.04. The molecule has 0 fully saturated rings. The zero-order chi connectivity index (χ0) is 12.8. The number of hydrogen-bond acceptors (Lipinski definition) is 3. The molecule has 0 radical (unpaired) electrons. The quantitative estimate of drug-likeness (QED) is 0.480. The van der Waals surface area contributed by atoms with Crippen molar-refractivity contribution < 1.29 is 9.72 Å². The highest BCUT2D eigenvalue weighted by molar-refractivity contribution is 9.09. The number of aromatic nitrogens is 1. The van der Waals surface area contributed by atoms with Crippen LogP contribution in [0, 0.1) is 10.1 Å². The number of nitro groups is 1. The van der Waals surface area contributed by atoms with Gasteiger partial charge in [-0.1, -0.05) is 29.3 Å². The van der Waals surface area contributed by atoms with Gasteiger partial charge in [0.25, 0.3) is 11.6 Å². The van der Waals surface area contributed by atoms with E-state index in [9.17, 15) is 14.9 Å². The number of nitrogens with zero attached hydrogens (tertiary/aromatic N) is 1. The number of rotatable bonds is 6. The number of amides is 1. The molecule has 0 aliphatic rings. The summed E-state index contributed by atoms with van der Waals surface area (Å²) in [4.78, 5) is 24.3. The van der Waals surface area contributed by atoms with Gasteiger partial charge in [0, 0.05) is 17.4 Å². The van der Waals surface area contributed by atoms with E-state index in [-0.39, 0.29) is 22.1 Å².